The molecule has 2 radical (unpaired) electrons. The Kier molecular flexibility index (Phi) is 39.7. The molecule has 564 valence electrons. The minimum atomic E-state index is -0.543. The van der Waals surface area contributed by atoms with Crippen molar-refractivity contribution in [2.45, 2.75) is 76.3 Å². The van der Waals surface area contributed by atoms with E-state index in [1.807, 2.05) is 0 Å². The Balaban J connectivity index is 0.000000165. The minimum Gasteiger partial charge on any atom is -0.0622 e. The van der Waals surface area contributed by atoms with E-state index in [9.17, 15) is 0 Å². The Morgan fingerprint density at radius 3 is 0.559 bits per heavy atom. The Morgan fingerprint density at radius 2 is 0.378 bits per heavy atom. The first kappa shape index (κ1) is 89.3. The standard InChI is InChI=1S/4C18H15P.C11H14N2.C10H11IN2.6CH3.Pd.2Sn/c4*1-4-10-16(11-5-1)19(17-12-6-2-7-13-17)18-14-8-3-9-15-18;1-8(2)13-11-7-5-4-6-10(11)9(3)12-13;1-7(2)13-9-6-4-3-5-8(9)10(11)12-13;;;;;;;;;/h4*1-15H;4-8H,1-3H3;3-7H,1-2H3;6*1H3;;;. The second-order valence-corrected chi connectivity index (χ2v) is 54.4. The molecule has 16 rings (SSSR count). The molecule has 16 aromatic rings. The predicted molar refractivity (Wildman–Crippen MR) is 505 cm³/mol. The number of benzene rings is 14. The van der Waals surface area contributed by atoms with E-state index in [-0.39, 0.29) is 20.4 Å². The molecule has 0 amide bonds. The van der Waals surface area contributed by atoms with Crippen LogP contribution in [0.4, 0.5) is 0 Å². The van der Waals surface area contributed by atoms with E-state index in [2.05, 4.69) is 519 Å². The maximum Gasteiger partial charge on any atom is 0 e. The molecule has 12 heteroatoms. The Bertz CT molecular complexity index is 4180. The summed E-state index contributed by atoms with van der Waals surface area (Å²) in [4.78, 5) is 14.2. The summed E-state index contributed by atoms with van der Waals surface area (Å²) in [5, 5.41) is 28.3. The fourth-order valence-corrected chi connectivity index (χ4v) is 21.7. The molecule has 111 heavy (non-hydrogen) atoms. The predicted octanol–water partition coefficient (Wildman–Crippen LogP) is 22.7. The summed E-state index contributed by atoms with van der Waals surface area (Å²) in [5.74, 6) is 0. The molecule has 0 saturated carbocycles. The number of para-hydroxylation sites is 2. The van der Waals surface area contributed by atoms with E-state index in [1.165, 1.54) is 85.5 Å². The van der Waals surface area contributed by atoms with Crippen molar-refractivity contribution < 1.29 is 20.4 Å². The molecular weight excluding hydrogens is 1840 g/mol. The largest absolute Gasteiger partial charge is 0.0622 e. The van der Waals surface area contributed by atoms with Crippen LogP contribution in [0, 0.1) is 10.6 Å². The summed E-state index contributed by atoms with van der Waals surface area (Å²) in [5.41, 5.74) is 3.57. The van der Waals surface area contributed by atoms with Crippen LogP contribution in [-0.4, -0.2) is 59.1 Å². The molecule has 0 fully saturated rings. The van der Waals surface area contributed by atoms with Crippen molar-refractivity contribution in [3.8, 4) is 0 Å². The molecule has 2 heterocycles. The summed E-state index contributed by atoms with van der Waals surface area (Å²) in [7, 11) is -1.78. The molecule has 0 aliphatic carbocycles. The minimum absolute atomic E-state index is 0. The number of aromatic nitrogens is 4. The van der Waals surface area contributed by atoms with Crippen LogP contribution >= 0.6 is 54.3 Å². The van der Waals surface area contributed by atoms with E-state index in [1.54, 1.807) is 0 Å². The number of fused-ring (bicyclic) bond motifs is 2. The van der Waals surface area contributed by atoms with Crippen LogP contribution < -0.4 is 63.7 Å². The molecule has 0 bridgehead atoms. The van der Waals surface area contributed by atoms with Crippen LogP contribution in [-0.2, 0) is 20.4 Å². The van der Waals surface area contributed by atoms with Gasteiger partial charge in [0, 0.05) is 43.3 Å². The first-order valence-corrected chi connectivity index (χ1v) is 61.1. The molecule has 0 aliphatic heterocycles. The van der Waals surface area contributed by atoms with Crippen molar-refractivity contribution in [2.24, 2.45) is 0 Å². The smallest absolute Gasteiger partial charge is 0 e. The zero-order valence-electron chi connectivity index (χ0n) is 65.7. The maximum atomic E-state index is 4.51. The van der Waals surface area contributed by atoms with Crippen LogP contribution in [0.15, 0.2) is 413 Å². The van der Waals surface area contributed by atoms with Gasteiger partial charge in [-0.1, -0.05) is 400 Å². The van der Waals surface area contributed by atoms with Crippen LogP contribution in [0.25, 0.3) is 21.8 Å². The third kappa shape index (κ3) is 28.7. The van der Waals surface area contributed by atoms with Crippen molar-refractivity contribution in [2.75, 3.05) is 0 Å². The van der Waals surface area contributed by atoms with Crippen LogP contribution in [0.5, 0.6) is 0 Å². The third-order valence-electron chi connectivity index (χ3n) is 16.5. The Labute approximate surface area is 710 Å². The molecule has 0 N–H and O–H groups in total. The van der Waals surface area contributed by atoms with Crippen molar-refractivity contribution in [1.82, 2.24) is 19.6 Å². The van der Waals surface area contributed by atoms with E-state index >= 15 is 0 Å². The maximum absolute atomic E-state index is 4.51. The van der Waals surface area contributed by atoms with Gasteiger partial charge in [-0.05, 0) is 165 Å². The number of hydrogen-bond donors (Lipinski definition) is 0. The fraction of sp³-hybridized carbons (Fsp3) is 0.131. The van der Waals surface area contributed by atoms with Crippen LogP contribution in [0.3, 0.4) is 0 Å². The van der Waals surface area contributed by atoms with Gasteiger partial charge < -0.3 is 0 Å². The normalized spacial score (nSPS) is 10.6. The van der Waals surface area contributed by atoms with Crippen molar-refractivity contribution in [1.29, 1.82) is 0 Å². The van der Waals surface area contributed by atoms with Gasteiger partial charge in [-0.15, -0.1) is 0 Å². The monoisotopic (exact) mass is 1940 g/mol. The van der Waals surface area contributed by atoms with E-state index in [0.717, 1.165) is 9.39 Å². The summed E-state index contributed by atoms with van der Waals surface area (Å²) >= 11 is 1.19. The topological polar surface area (TPSA) is 35.6 Å². The Hall–Kier alpha value is -7.27. The summed E-state index contributed by atoms with van der Waals surface area (Å²) < 4.78 is 5.23. The number of nitrogens with zero attached hydrogens (tertiary/aromatic N) is 4. The van der Waals surface area contributed by atoms with Gasteiger partial charge in [0.2, 0.25) is 0 Å². The van der Waals surface area contributed by atoms with Gasteiger partial charge in [-0.2, -0.15) is 10.2 Å². The van der Waals surface area contributed by atoms with Crippen molar-refractivity contribution in [3.63, 3.8) is 0 Å². The first-order valence-electron chi connectivity index (χ1n) is 37.6. The third-order valence-corrected chi connectivity index (χ3v) is 27.1. The molecule has 0 unspecified atom stereocenters. The molecule has 0 aliphatic rings. The average molecular weight is 1940 g/mol. The van der Waals surface area contributed by atoms with Gasteiger partial charge in [-0.25, -0.2) is 0 Å². The SMILES string of the molecule is CC(C)n1nc(I)c2ccccc21.Cc1nn(C(C)C)c2ccccc12.[CH3][Sn]([CH3])[CH3].[CH3][Sn]([CH3])[CH3].[Pd].c1ccc(P(c2ccccc2)c2ccccc2)cc1.c1ccc(P(c2ccccc2)c2ccccc2)cc1.c1ccc(P(c2ccccc2)c2ccccc2)cc1.c1ccc(P(c2ccccc2)c2ccccc2)cc1. The summed E-state index contributed by atoms with van der Waals surface area (Å²) in [6.07, 6.45) is 0. The molecule has 2 aromatic heterocycles. The molecule has 4 nitrogen and oxygen atoms in total. The second kappa shape index (κ2) is 49.4. The number of rotatable bonds is 14. The van der Waals surface area contributed by atoms with Crippen LogP contribution in [0.1, 0.15) is 45.5 Å². The summed E-state index contributed by atoms with van der Waals surface area (Å²) in [6, 6.07) is 147. The van der Waals surface area contributed by atoms with Gasteiger partial charge in [-0.3, -0.25) is 9.36 Å². The number of halogens is 1. The van der Waals surface area contributed by atoms with E-state index < -0.39 is 71.2 Å². The zero-order chi connectivity index (χ0) is 77.7. The molecule has 14 aromatic carbocycles. The molecule has 0 atom stereocenters. The Morgan fingerprint density at radius 1 is 0.234 bits per heavy atom. The quantitative estimate of drug-likeness (QED) is 0.0618. The zero-order valence-corrected chi connectivity index (χ0v) is 78.7. The molecular formula is C99H103IN4P4PdSn2. The van der Waals surface area contributed by atoms with Crippen molar-refractivity contribution in [3.05, 3.63) is 422 Å². The van der Waals surface area contributed by atoms with Crippen molar-refractivity contribution >= 4 is 179 Å². The second-order valence-electron chi connectivity index (χ2n) is 27.4. The fourth-order valence-electron chi connectivity index (χ4n) is 11.8. The van der Waals surface area contributed by atoms with E-state index in [0.29, 0.717) is 12.1 Å². The number of aryl methyl sites for hydroxylation is 1. The van der Waals surface area contributed by atoms with Gasteiger partial charge >= 0.3 is 69.2 Å². The van der Waals surface area contributed by atoms with Crippen LogP contribution in [0.2, 0.25) is 29.6 Å². The van der Waals surface area contributed by atoms with Gasteiger partial charge in [0.1, 0.15) is 3.70 Å². The van der Waals surface area contributed by atoms with Gasteiger partial charge in [0.15, 0.2) is 0 Å². The van der Waals surface area contributed by atoms with Gasteiger partial charge in [0.25, 0.3) is 0 Å². The summed E-state index contributed by atoms with van der Waals surface area (Å²) in [6.45, 7) is 10.7. The van der Waals surface area contributed by atoms with Gasteiger partial charge in [0.05, 0.1) is 16.7 Å². The molecule has 0 spiro atoms. The first-order chi connectivity index (χ1) is 53.7. The van der Waals surface area contributed by atoms with E-state index in [4.69, 9.17) is 0 Å². The number of hydrogen-bond acceptors (Lipinski definition) is 2. The molecule has 0 saturated heterocycles. The average Bonchev–Trinajstić information content (AvgIpc) is 1.52.